The Kier molecular flexibility index (Phi) is 4.47. The van der Waals surface area contributed by atoms with Crippen LogP contribution < -0.4 is 10.3 Å². The van der Waals surface area contributed by atoms with Gasteiger partial charge in [-0.15, -0.1) is 0 Å². The molecule has 0 saturated carbocycles. The topological polar surface area (TPSA) is 61.2 Å². The summed E-state index contributed by atoms with van der Waals surface area (Å²) in [5, 5.41) is 1.01. The zero-order chi connectivity index (χ0) is 18.1. The van der Waals surface area contributed by atoms with Crippen LogP contribution in [0.2, 0.25) is 5.02 Å². The van der Waals surface area contributed by atoms with Gasteiger partial charge in [0.15, 0.2) is 0 Å². The van der Waals surface area contributed by atoms with Gasteiger partial charge in [0.05, 0.1) is 16.5 Å². The zero-order valence-electron chi connectivity index (χ0n) is 14.1. The van der Waals surface area contributed by atoms with E-state index < -0.39 is 5.97 Å². The van der Waals surface area contributed by atoms with Gasteiger partial charge < -0.3 is 4.74 Å². The van der Waals surface area contributed by atoms with E-state index in [1.165, 1.54) is 0 Å². The van der Waals surface area contributed by atoms with E-state index in [9.17, 15) is 9.59 Å². The first kappa shape index (κ1) is 16.8. The third-order valence-corrected chi connectivity index (χ3v) is 4.79. The molecule has 0 spiro atoms. The largest absolute Gasteiger partial charge is 0.423 e. The molecule has 1 aromatic heterocycles. The normalized spacial score (nSPS) is 13.9. The van der Waals surface area contributed by atoms with Crippen LogP contribution in [0.1, 0.15) is 35.4 Å². The second-order valence-electron chi connectivity index (χ2n) is 6.37. The van der Waals surface area contributed by atoms with Gasteiger partial charge in [0.2, 0.25) is 0 Å². The smallest absolute Gasteiger partial charge is 0.343 e. The number of carbonyl (C=O) groups is 1. The third-order valence-electron chi connectivity index (χ3n) is 4.56. The Morgan fingerprint density at radius 2 is 2.00 bits per heavy atom. The van der Waals surface area contributed by atoms with Crippen molar-refractivity contribution in [1.82, 2.24) is 9.55 Å². The van der Waals surface area contributed by atoms with Crippen molar-refractivity contribution in [2.24, 2.45) is 0 Å². The molecule has 2 heterocycles. The Labute approximate surface area is 155 Å². The molecule has 6 heteroatoms. The molecule has 0 atom stereocenters. The Morgan fingerprint density at radius 3 is 2.85 bits per heavy atom. The fourth-order valence-corrected chi connectivity index (χ4v) is 3.42. The molecule has 1 aliphatic rings. The van der Waals surface area contributed by atoms with Crippen molar-refractivity contribution in [3.63, 3.8) is 0 Å². The van der Waals surface area contributed by atoms with Crippen LogP contribution in [-0.4, -0.2) is 15.5 Å². The molecule has 0 radical (unpaired) electrons. The highest BCUT2D eigenvalue weighted by atomic mass is 35.5. The molecular formula is C20H17ClN2O3. The van der Waals surface area contributed by atoms with Gasteiger partial charge in [0, 0.05) is 18.0 Å². The maximum Gasteiger partial charge on any atom is 0.343 e. The molecule has 0 amide bonds. The number of benzene rings is 2. The Balaban J connectivity index is 1.71. The van der Waals surface area contributed by atoms with Gasteiger partial charge in [-0.25, -0.2) is 9.78 Å². The minimum absolute atomic E-state index is 0.0401. The Hall–Kier alpha value is -2.66. The molecule has 0 fully saturated rings. The van der Waals surface area contributed by atoms with E-state index in [2.05, 4.69) is 4.98 Å². The van der Waals surface area contributed by atoms with Crippen LogP contribution in [0.25, 0.3) is 10.9 Å². The highest BCUT2D eigenvalue weighted by Crippen LogP contribution is 2.20. The summed E-state index contributed by atoms with van der Waals surface area (Å²) >= 11 is 5.91. The highest BCUT2D eigenvalue weighted by Gasteiger charge is 2.16. The van der Waals surface area contributed by atoms with E-state index in [0.717, 1.165) is 31.5 Å². The van der Waals surface area contributed by atoms with Crippen LogP contribution in [0.5, 0.6) is 5.75 Å². The summed E-state index contributed by atoms with van der Waals surface area (Å²) in [6.07, 6.45) is 3.89. The van der Waals surface area contributed by atoms with Gasteiger partial charge in [-0.1, -0.05) is 24.1 Å². The van der Waals surface area contributed by atoms with Gasteiger partial charge in [0.1, 0.15) is 11.6 Å². The van der Waals surface area contributed by atoms with Crippen LogP contribution in [0.15, 0.2) is 47.3 Å². The minimum Gasteiger partial charge on any atom is -0.423 e. The van der Waals surface area contributed by atoms with Gasteiger partial charge in [-0.3, -0.25) is 9.36 Å². The van der Waals surface area contributed by atoms with Crippen LogP contribution in [0, 0.1) is 0 Å². The average molecular weight is 369 g/mol. The van der Waals surface area contributed by atoms with Gasteiger partial charge >= 0.3 is 5.97 Å². The molecule has 3 aromatic rings. The van der Waals surface area contributed by atoms with Crippen molar-refractivity contribution in [3.05, 3.63) is 69.2 Å². The van der Waals surface area contributed by atoms with Crippen LogP contribution >= 0.6 is 11.6 Å². The van der Waals surface area contributed by atoms with Crippen LogP contribution in [0.4, 0.5) is 0 Å². The number of aromatic nitrogens is 2. The number of hydrogen-bond acceptors (Lipinski definition) is 4. The molecule has 0 saturated heterocycles. The number of fused-ring (bicyclic) bond motifs is 2. The second kappa shape index (κ2) is 6.92. The predicted octanol–water partition coefficient (Wildman–Crippen LogP) is 4.00. The summed E-state index contributed by atoms with van der Waals surface area (Å²) in [4.78, 5) is 29.8. The maximum atomic E-state index is 12.7. The number of ether oxygens (including phenoxy) is 1. The van der Waals surface area contributed by atoms with E-state index >= 15 is 0 Å². The number of aryl methyl sites for hydroxylation is 1. The lowest BCUT2D eigenvalue weighted by Gasteiger charge is -2.11. The SMILES string of the molecule is O=C(Oc1cccc(Cl)c1)c1ccc2c(=O)n3c(nc2c1)CCCCC3. The van der Waals surface area contributed by atoms with Crippen LogP contribution in [0.3, 0.4) is 0 Å². The third kappa shape index (κ3) is 3.22. The number of nitrogens with zero attached hydrogens (tertiary/aromatic N) is 2. The van der Waals surface area contributed by atoms with Crippen molar-refractivity contribution in [2.75, 3.05) is 0 Å². The van der Waals surface area contributed by atoms with Crippen molar-refractivity contribution < 1.29 is 9.53 Å². The standard InChI is InChI=1S/C20H17ClN2O3/c21-14-5-4-6-15(12-14)26-20(25)13-8-9-16-17(11-13)22-18-7-2-1-3-10-23(18)19(16)24/h4-6,8-9,11-12H,1-3,7,10H2. The Bertz CT molecular complexity index is 1060. The first-order valence-electron chi connectivity index (χ1n) is 8.63. The lowest BCUT2D eigenvalue weighted by molar-refractivity contribution is 0.0735. The minimum atomic E-state index is -0.508. The van der Waals surface area contributed by atoms with Gasteiger partial charge in [0.25, 0.3) is 5.56 Å². The predicted molar refractivity (Wildman–Crippen MR) is 100.0 cm³/mol. The first-order valence-corrected chi connectivity index (χ1v) is 9.01. The fraction of sp³-hybridized carbons (Fsp3) is 0.250. The van der Waals surface area contributed by atoms with Crippen LogP contribution in [-0.2, 0) is 13.0 Å². The van der Waals surface area contributed by atoms with E-state index in [1.807, 2.05) is 0 Å². The lowest BCUT2D eigenvalue weighted by Crippen LogP contribution is -2.24. The second-order valence-corrected chi connectivity index (χ2v) is 6.81. The van der Waals surface area contributed by atoms with Crippen molar-refractivity contribution >= 4 is 28.5 Å². The fourth-order valence-electron chi connectivity index (χ4n) is 3.24. The quantitative estimate of drug-likeness (QED) is 0.506. The molecule has 4 rings (SSSR count). The lowest BCUT2D eigenvalue weighted by atomic mass is 10.1. The number of hydrogen-bond donors (Lipinski definition) is 0. The summed E-state index contributed by atoms with van der Waals surface area (Å²) in [7, 11) is 0. The van der Waals surface area contributed by atoms with Crippen molar-refractivity contribution in [1.29, 1.82) is 0 Å². The van der Waals surface area contributed by atoms with E-state index in [4.69, 9.17) is 16.3 Å². The average Bonchev–Trinajstić information content (AvgIpc) is 2.87. The van der Waals surface area contributed by atoms with E-state index in [1.54, 1.807) is 47.0 Å². The molecule has 0 N–H and O–H groups in total. The summed E-state index contributed by atoms with van der Waals surface area (Å²) in [6, 6.07) is 11.5. The number of rotatable bonds is 2. The summed E-state index contributed by atoms with van der Waals surface area (Å²) in [5.41, 5.74) is 0.841. The molecule has 0 unspecified atom stereocenters. The molecule has 0 aliphatic carbocycles. The molecule has 0 bridgehead atoms. The Morgan fingerprint density at radius 1 is 1.12 bits per heavy atom. The van der Waals surface area contributed by atoms with E-state index in [-0.39, 0.29) is 5.56 Å². The van der Waals surface area contributed by atoms with Gasteiger partial charge in [-0.05, 0) is 49.2 Å². The molecular weight excluding hydrogens is 352 g/mol. The summed E-state index contributed by atoms with van der Waals surface area (Å²) in [5.74, 6) is 0.656. The number of carbonyl (C=O) groups excluding carboxylic acids is 1. The van der Waals surface area contributed by atoms with Crippen molar-refractivity contribution in [3.8, 4) is 5.75 Å². The van der Waals surface area contributed by atoms with Gasteiger partial charge in [-0.2, -0.15) is 0 Å². The number of esters is 1. The molecule has 132 valence electrons. The molecule has 26 heavy (non-hydrogen) atoms. The number of halogens is 1. The van der Waals surface area contributed by atoms with E-state index in [0.29, 0.717) is 33.8 Å². The summed E-state index contributed by atoms with van der Waals surface area (Å²) < 4.78 is 7.12. The summed E-state index contributed by atoms with van der Waals surface area (Å²) in [6.45, 7) is 0.704. The maximum absolute atomic E-state index is 12.7. The zero-order valence-corrected chi connectivity index (χ0v) is 14.8. The molecule has 5 nitrogen and oxygen atoms in total. The monoisotopic (exact) mass is 368 g/mol. The first-order chi connectivity index (χ1) is 12.6. The molecule has 1 aliphatic heterocycles. The van der Waals surface area contributed by atoms with Crippen molar-refractivity contribution in [2.45, 2.75) is 32.2 Å². The molecule has 2 aromatic carbocycles. The highest BCUT2D eigenvalue weighted by molar-refractivity contribution is 6.30.